The number of carbonyl (C=O) groups is 2. The standard InChI is InChI=1S/C28H30N6O2S/c1-33-15-12-23-25(17-33)37-28(30-23)31-26(35)21-5-2-4-20(16-21)24-6-3-14-34(24)27(36)19-9-7-18(8-10-19)22-11-13-29-32-22/h2,4-5,7,9-11,13,16,18,24H,3,6,8,12,14-15,17H2,1H3,(H,29,32)(H,30,31,35)/t18?,24-/m1/s1. The monoisotopic (exact) mass is 514 g/mol. The summed E-state index contributed by atoms with van der Waals surface area (Å²) in [5.41, 5.74) is 4.38. The minimum absolute atomic E-state index is 0.0404. The maximum Gasteiger partial charge on any atom is 0.257 e. The summed E-state index contributed by atoms with van der Waals surface area (Å²) in [5, 5.41) is 10.8. The van der Waals surface area contributed by atoms with Crippen LogP contribution in [0.2, 0.25) is 0 Å². The highest BCUT2D eigenvalue weighted by Crippen LogP contribution is 2.35. The van der Waals surface area contributed by atoms with Gasteiger partial charge in [0.2, 0.25) is 0 Å². The molecule has 1 saturated heterocycles. The maximum absolute atomic E-state index is 13.5. The second-order valence-corrected chi connectivity index (χ2v) is 11.1. The third-order valence-electron chi connectivity index (χ3n) is 7.44. The van der Waals surface area contributed by atoms with E-state index in [0.29, 0.717) is 17.2 Å². The number of thiazole rings is 1. The number of H-pyrrole nitrogens is 1. The lowest BCUT2D eigenvalue weighted by Gasteiger charge is -2.27. The summed E-state index contributed by atoms with van der Waals surface area (Å²) in [5.74, 6) is 0.0728. The zero-order valence-electron chi connectivity index (χ0n) is 20.8. The highest BCUT2D eigenvalue weighted by Gasteiger charge is 2.32. The first-order valence-electron chi connectivity index (χ1n) is 12.8. The predicted molar refractivity (Wildman–Crippen MR) is 143 cm³/mol. The Bertz CT molecular complexity index is 1370. The smallest absolute Gasteiger partial charge is 0.257 e. The van der Waals surface area contributed by atoms with Crippen LogP contribution in [0.3, 0.4) is 0 Å². The Balaban J connectivity index is 1.14. The molecule has 1 unspecified atom stereocenters. The van der Waals surface area contributed by atoms with Gasteiger partial charge < -0.3 is 9.80 Å². The number of amides is 2. The maximum atomic E-state index is 13.5. The fraction of sp³-hybridized carbons (Fsp3) is 0.357. The molecule has 3 aromatic rings. The van der Waals surface area contributed by atoms with E-state index in [0.717, 1.165) is 61.3 Å². The van der Waals surface area contributed by atoms with Gasteiger partial charge in [0, 0.05) is 54.2 Å². The molecule has 0 saturated carbocycles. The number of carbonyl (C=O) groups excluding carboxylic acids is 2. The van der Waals surface area contributed by atoms with Gasteiger partial charge in [0.15, 0.2) is 5.13 Å². The Kier molecular flexibility index (Phi) is 6.48. The van der Waals surface area contributed by atoms with Crippen LogP contribution in [-0.4, -0.2) is 56.9 Å². The number of likely N-dealkylation sites (N-methyl/N-ethyl adjacent to an activating group) is 1. The number of anilines is 1. The highest BCUT2D eigenvalue weighted by molar-refractivity contribution is 7.15. The summed E-state index contributed by atoms with van der Waals surface area (Å²) in [6.07, 6.45) is 11.3. The molecule has 0 spiro atoms. The molecule has 190 valence electrons. The number of nitrogens with zero attached hydrogens (tertiary/aromatic N) is 4. The van der Waals surface area contributed by atoms with Crippen molar-refractivity contribution < 1.29 is 9.59 Å². The van der Waals surface area contributed by atoms with Crippen LogP contribution < -0.4 is 5.32 Å². The van der Waals surface area contributed by atoms with Gasteiger partial charge in [0.1, 0.15) is 0 Å². The summed E-state index contributed by atoms with van der Waals surface area (Å²) in [7, 11) is 2.10. The summed E-state index contributed by atoms with van der Waals surface area (Å²) >= 11 is 1.55. The molecule has 37 heavy (non-hydrogen) atoms. The Morgan fingerprint density at radius 1 is 1.22 bits per heavy atom. The molecule has 0 bridgehead atoms. The minimum atomic E-state index is -0.167. The summed E-state index contributed by atoms with van der Waals surface area (Å²) < 4.78 is 0. The fourth-order valence-electron chi connectivity index (χ4n) is 5.43. The molecule has 2 aliphatic heterocycles. The first-order chi connectivity index (χ1) is 18.0. The molecular weight excluding hydrogens is 484 g/mol. The lowest BCUT2D eigenvalue weighted by Crippen LogP contribution is -2.32. The quantitative estimate of drug-likeness (QED) is 0.525. The van der Waals surface area contributed by atoms with E-state index in [9.17, 15) is 9.59 Å². The number of benzene rings is 1. The first kappa shape index (κ1) is 23.8. The number of allylic oxidation sites excluding steroid dienone is 2. The average Bonchev–Trinajstić information content (AvgIpc) is 3.69. The van der Waals surface area contributed by atoms with Crippen molar-refractivity contribution in [2.24, 2.45) is 0 Å². The number of aromatic amines is 1. The second-order valence-electron chi connectivity index (χ2n) is 9.97. The number of hydrogen-bond donors (Lipinski definition) is 2. The summed E-state index contributed by atoms with van der Waals surface area (Å²) in [6.45, 7) is 2.58. The molecule has 1 fully saturated rings. The van der Waals surface area contributed by atoms with Crippen LogP contribution in [0.15, 0.2) is 60.3 Å². The van der Waals surface area contributed by atoms with Crippen LogP contribution in [0.5, 0.6) is 0 Å². The van der Waals surface area contributed by atoms with Crippen LogP contribution in [-0.2, 0) is 17.8 Å². The number of nitrogens with one attached hydrogen (secondary N) is 2. The largest absolute Gasteiger partial charge is 0.332 e. The van der Waals surface area contributed by atoms with E-state index in [2.05, 4.69) is 38.5 Å². The molecule has 6 rings (SSSR count). The number of hydrogen-bond acceptors (Lipinski definition) is 6. The van der Waals surface area contributed by atoms with Crippen molar-refractivity contribution in [2.45, 2.75) is 44.2 Å². The molecule has 9 heteroatoms. The Morgan fingerprint density at radius 3 is 2.95 bits per heavy atom. The molecular formula is C28H30N6O2S. The second kappa shape index (κ2) is 10.1. The van der Waals surface area contributed by atoms with Crippen molar-refractivity contribution in [3.8, 4) is 0 Å². The Labute approximate surface area is 220 Å². The van der Waals surface area contributed by atoms with Crippen molar-refractivity contribution in [1.29, 1.82) is 0 Å². The fourth-order valence-corrected chi connectivity index (χ4v) is 6.52. The van der Waals surface area contributed by atoms with E-state index in [1.165, 1.54) is 4.88 Å². The number of rotatable bonds is 5. The normalized spacial score (nSPS) is 21.5. The molecule has 2 atom stereocenters. The zero-order valence-corrected chi connectivity index (χ0v) is 21.6. The van der Waals surface area contributed by atoms with Crippen molar-refractivity contribution in [3.63, 3.8) is 0 Å². The molecule has 0 radical (unpaired) electrons. The number of fused-ring (bicyclic) bond motifs is 1. The first-order valence-corrected chi connectivity index (χ1v) is 13.6. The molecule has 1 aromatic carbocycles. The molecule has 2 aromatic heterocycles. The molecule has 8 nitrogen and oxygen atoms in total. The van der Waals surface area contributed by atoms with Gasteiger partial charge in [0.25, 0.3) is 11.8 Å². The van der Waals surface area contributed by atoms with Gasteiger partial charge in [-0.3, -0.25) is 20.0 Å². The molecule has 3 aliphatic rings. The van der Waals surface area contributed by atoms with Gasteiger partial charge in [-0.25, -0.2) is 4.98 Å². The molecule has 2 amide bonds. The van der Waals surface area contributed by atoms with Crippen molar-refractivity contribution >= 4 is 28.3 Å². The lowest BCUT2D eigenvalue weighted by atomic mass is 9.93. The zero-order chi connectivity index (χ0) is 25.4. The predicted octanol–water partition coefficient (Wildman–Crippen LogP) is 4.44. The van der Waals surface area contributed by atoms with E-state index in [-0.39, 0.29) is 23.8 Å². The number of aromatic nitrogens is 3. The van der Waals surface area contributed by atoms with Crippen LogP contribution in [0, 0.1) is 0 Å². The van der Waals surface area contributed by atoms with Gasteiger partial charge in [-0.15, -0.1) is 11.3 Å². The van der Waals surface area contributed by atoms with Gasteiger partial charge in [0.05, 0.1) is 17.4 Å². The molecule has 2 N–H and O–H groups in total. The van der Waals surface area contributed by atoms with Crippen molar-refractivity contribution in [3.05, 3.63) is 87.7 Å². The van der Waals surface area contributed by atoms with E-state index in [1.807, 2.05) is 53.6 Å². The van der Waals surface area contributed by atoms with Crippen LogP contribution in [0.25, 0.3) is 0 Å². The third kappa shape index (κ3) is 4.89. The summed E-state index contributed by atoms with van der Waals surface area (Å²) in [4.78, 5) is 36.6. The van der Waals surface area contributed by atoms with Crippen LogP contribution in [0.4, 0.5) is 5.13 Å². The van der Waals surface area contributed by atoms with E-state index in [1.54, 1.807) is 11.3 Å². The lowest BCUT2D eigenvalue weighted by molar-refractivity contribution is -0.127. The molecule has 4 heterocycles. The Morgan fingerprint density at radius 2 is 2.14 bits per heavy atom. The molecule has 1 aliphatic carbocycles. The van der Waals surface area contributed by atoms with Gasteiger partial charge in [-0.05, 0) is 50.1 Å². The average molecular weight is 515 g/mol. The highest BCUT2D eigenvalue weighted by atomic mass is 32.1. The van der Waals surface area contributed by atoms with E-state index < -0.39 is 0 Å². The van der Waals surface area contributed by atoms with Crippen LogP contribution >= 0.6 is 11.3 Å². The topological polar surface area (TPSA) is 94.2 Å². The van der Waals surface area contributed by atoms with Gasteiger partial charge in [-0.2, -0.15) is 5.10 Å². The summed E-state index contributed by atoms with van der Waals surface area (Å²) in [6, 6.07) is 9.59. The van der Waals surface area contributed by atoms with E-state index in [4.69, 9.17) is 0 Å². The third-order valence-corrected chi connectivity index (χ3v) is 8.44. The van der Waals surface area contributed by atoms with Crippen LogP contribution in [0.1, 0.15) is 63.4 Å². The van der Waals surface area contributed by atoms with Gasteiger partial charge in [-0.1, -0.05) is 30.4 Å². The minimum Gasteiger partial charge on any atom is -0.332 e. The SMILES string of the molecule is CN1CCc2nc(NC(=O)c3cccc([C@H]4CCCN4C(=O)C4=CCC(c5cc[nH]n5)C=C4)c3)sc2C1. The van der Waals surface area contributed by atoms with E-state index >= 15 is 0 Å². The van der Waals surface area contributed by atoms with Gasteiger partial charge >= 0.3 is 0 Å². The van der Waals surface area contributed by atoms with Crippen molar-refractivity contribution in [1.82, 2.24) is 25.0 Å². The van der Waals surface area contributed by atoms with Crippen molar-refractivity contribution in [2.75, 3.05) is 25.5 Å². The Hall–Kier alpha value is -3.56. The number of likely N-dealkylation sites (tertiary alicyclic amines) is 1.